The summed E-state index contributed by atoms with van der Waals surface area (Å²) in [5, 5.41) is 13.7. The van der Waals surface area contributed by atoms with E-state index >= 15 is 0 Å². The van der Waals surface area contributed by atoms with Crippen LogP contribution in [0.3, 0.4) is 0 Å². The van der Waals surface area contributed by atoms with Gasteiger partial charge in [-0.3, -0.25) is 4.68 Å². The van der Waals surface area contributed by atoms with Gasteiger partial charge in [0.15, 0.2) is 5.75 Å². The van der Waals surface area contributed by atoms with Crippen molar-refractivity contribution in [1.82, 2.24) is 9.78 Å². The zero-order valence-electron chi connectivity index (χ0n) is 10.9. The minimum absolute atomic E-state index is 0.282. The standard InChI is InChI=1S/C13H12ClIN4O/c1-7-9(13(14)19(2)18-7)6-20-12-10(15)3-8(5-16)4-11(12)17/h3-4H,6,17H2,1-2H3. The van der Waals surface area contributed by atoms with Crippen LogP contribution in [0, 0.1) is 21.8 Å². The van der Waals surface area contributed by atoms with Crippen LogP contribution < -0.4 is 10.5 Å². The van der Waals surface area contributed by atoms with Crippen LogP contribution in [0.4, 0.5) is 5.69 Å². The molecule has 0 fully saturated rings. The van der Waals surface area contributed by atoms with E-state index in [0.29, 0.717) is 22.2 Å². The average molecular weight is 403 g/mol. The van der Waals surface area contributed by atoms with E-state index in [4.69, 9.17) is 27.3 Å². The molecule has 0 saturated heterocycles. The van der Waals surface area contributed by atoms with Crippen LogP contribution in [0.5, 0.6) is 5.75 Å². The maximum Gasteiger partial charge on any atom is 0.156 e. The van der Waals surface area contributed by atoms with E-state index in [9.17, 15) is 0 Å². The number of benzene rings is 1. The molecule has 0 unspecified atom stereocenters. The molecule has 0 aliphatic carbocycles. The maximum atomic E-state index is 8.88. The van der Waals surface area contributed by atoms with Crippen molar-refractivity contribution in [3.8, 4) is 11.8 Å². The topological polar surface area (TPSA) is 76.9 Å². The third kappa shape index (κ3) is 2.83. The summed E-state index contributed by atoms with van der Waals surface area (Å²) in [5.41, 5.74) is 8.50. The van der Waals surface area contributed by atoms with E-state index in [-0.39, 0.29) is 6.61 Å². The Labute approximate surface area is 135 Å². The fourth-order valence-electron chi connectivity index (χ4n) is 1.81. The van der Waals surface area contributed by atoms with Crippen LogP contribution in [0.1, 0.15) is 16.8 Å². The summed E-state index contributed by atoms with van der Waals surface area (Å²) in [7, 11) is 1.78. The number of nitrogens with zero attached hydrogens (tertiary/aromatic N) is 3. The Hall–Kier alpha value is -1.46. The molecule has 0 spiro atoms. The molecule has 2 N–H and O–H groups in total. The van der Waals surface area contributed by atoms with Gasteiger partial charge in [-0.05, 0) is 41.6 Å². The zero-order chi connectivity index (χ0) is 14.9. The van der Waals surface area contributed by atoms with Gasteiger partial charge in [-0.2, -0.15) is 10.4 Å². The van der Waals surface area contributed by atoms with E-state index in [1.54, 1.807) is 23.9 Å². The molecule has 104 valence electrons. The second kappa shape index (κ2) is 5.89. The number of hydrogen-bond donors (Lipinski definition) is 1. The highest BCUT2D eigenvalue weighted by Gasteiger charge is 2.14. The Morgan fingerprint density at radius 3 is 2.75 bits per heavy atom. The Morgan fingerprint density at radius 2 is 2.25 bits per heavy atom. The highest BCUT2D eigenvalue weighted by Crippen LogP contribution is 2.31. The van der Waals surface area contributed by atoms with Crippen molar-refractivity contribution >= 4 is 39.9 Å². The number of ether oxygens (including phenoxy) is 1. The molecule has 0 atom stereocenters. The number of halogens is 2. The van der Waals surface area contributed by atoms with Gasteiger partial charge < -0.3 is 10.5 Å². The van der Waals surface area contributed by atoms with Crippen molar-refractivity contribution in [1.29, 1.82) is 5.26 Å². The van der Waals surface area contributed by atoms with E-state index in [1.165, 1.54) is 0 Å². The molecule has 1 aromatic heterocycles. The quantitative estimate of drug-likeness (QED) is 0.632. The largest absolute Gasteiger partial charge is 0.485 e. The lowest BCUT2D eigenvalue weighted by molar-refractivity contribution is 0.305. The van der Waals surface area contributed by atoms with Crippen molar-refractivity contribution in [3.05, 3.63) is 37.7 Å². The zero-order valence-corrected chi connectivity index (χ0v) is 13.9. The van der Waals surface area contributed by atoms with Gasteiger partial charge in [0.05, 0.1) is 26.6 Å². The van der Waals surface area contributed by atoms with Crippen LogP contribution in [-0.4, -0.2) is 9.78 Å². The Kier molecular flexibility index (Phi) is 4.40. The number of nitrogen functional groups attached to an aromatic ring is 1. The van der Waals surface area contributed by atoms with Crippen molar-refractivity contribution in [2.24, 2.45) is 7.05 Å². The summed E-state index contributed by atoms with van der Waals surface area (Å²) in [6.07, 6.45) is 0. The van der Waals surface area contributed by atoms with Crippen molar-refractivity contribution in [2.45, 2.75) is 13.5 Å². The Morgan fingerprint density at radius 1 is 1.55 bits per heavy atom. The lowest BCUT2D eigenvalue weighted by atomic mass is 10.2. The molecule has 7 heteroatoms. The molecule has 0 aliphatic rings. The van der Waals surface area contributed by atoms with Crippen LogP contribution in [0.15, 0.2) is 12.1 Å². The maximum absolute atomic E-state index is 8.88. The smallest absolute Gasteiger partial charge is 0.156 e. The van der Waals surface area contributed by atoms with Crippen LogP contribution in [-0.2, 0) is 13.7 Å². The summed E-state index contributed by atoms with van der Waals surface area (Å²) in [4.78, 5) is 0. The summed E-state index contributed by atoms with van der Waals surface area (Å²) >= 11 is 8.24. The molecule has 1 heterocycles. The highest BCUT2D eigenvalue weighted by molar-refractivity contribution is 14.1. The van der Waals surface area contributed by atoms with Gasteiger partial charge in [-0.25, -0.2) is 0 Å². The normalized spacial score (nSPS) is 10.3. The fraction of sp³-hybridized carbons (Fsp3) is 0.231. The summed E-state index contributed by atoms with van der Waals surface area (Å²) < 4.78 is 8.14. The molecule has 1 aromatic carbocycles. The van der Waals surface area contributed by atoms with Gasteiger partial charge in [0, 0.05) is 12.6 Å². The van der Waals surface area contributed by atoms with Crippen LogP contribution >= 0.6 is 34.2 Å². The average Bonchev–Trinajstić information content (AvgIpc) is 2.63. The van der Waals surface area contributed by atoms with E-state index in [2.05, 4.69) is 33.8 Å². The molecule has 2 aromatic rings. The molecule has 5 nitrogen and oxygen atoms in total. The Balaban J connectivity index is 2.26. The van der Waals surface area contributed by atoms with E-state index < -0.39 is 0 Å². The lowest BCUT2D eigenvalue weighted by Gasteiger charge is -2.11. The second-order valence-corrected chi connectivity index (χ2v) is 5.78. The van der Waals surface area contributed by atoms with Crippen molar-refractivity contribution in [2.75, 3.05) is 5.73 Å². The molecule has 0 saturated carbocycles. The van der Waals surface area contributed by atoms with Gasteiger partial charge >= 0.3 is 0 Å². The predicted molar refractivity (Wildman–Crippen MR) is 85.6 cm³/mol. The minimum atomic E-state index is 0.282. The third-order valence-electron chi connectivity index (χ3n) is 2.83. The van der Waals surface area contributed by atoms with E-state index in [1.807, 2.05) is 6.92 Å². The number of rotatable bonds is 3. The van der Waals surface area contributed by atoms with Gasteiger partial charge in [0.2, 0.25) is 0 Å². The summed E-state index contributed by atoms with van der Waals surface area (Å²) in [5.74, 6) is 0.559. The van der Waals surface area contributed by atoms with Crippen LogP contribution in [0.2, 0.25) is 5.15 Å². The van der Waals surface area contributed by atoms with Gasteiger partial charge in [-0.1, -0.05) is 11.6 Å². The lowest BCUT2D eigenvalue weighted by Crippen LogP contribution is -2.02. The second-order valence-electron chi connectivity index (χ2n) is 4.26. The summed E-state index contributed by atoms with van der Waals surface area (Å²) in [6, 6.07) is 5.38. The number of anilines is 1. The minimum Gasteiger partial charge on any atom is -0.485 e. The number of nitriles is 1. The fourth-order valence-corrected chi connectivity index (χ4v) is 2.85. The molecule has 0 radical (unpaired) electrons. The highest BCUT2D eigenvalue weighted by atomic mass is 127. The number of nitrogens with two attached hydrogens (primary N) is 1. The number of aromatic nitrogens is 2. The number of aryl methyl sites for hydroxylation is 2. The summed E-state index contributed by atoms with van der Waals surface area (Å²) in [6.45, 7) is 2.16. The van der Waals surface area contributed by atoms with Crippen molar-refractivity contribution in [3.63, 3.8) is 0 Å². The van der Waals surface area contributed by atoms with Crippen LogP contribution in [0.25, 0.3) is 0 Å². The molecular weight excluding hydrogens is 391 g/mol. The third-order valence-corrected chi connectivity index (χ3v) is 4.11. The van der Waals surface area contributed by atoms with Crippen molar-refractivity contribution < 1.29 is 4.74 Å². The first kappa shape index (κ1) is 14.9. The van der Waals surface area contributed by atoms with Gasteiger partial charge in [0.1, 0.15) is 11.8 Å². The first-order valence-corrected chi connectivity index (χ1v) is 7.19. The van der Waals surface area contributed by atoms with Gasteiger partial charge in [-0.15, -0.1) is 0 Å². The van der Waals surface area contributed by atoms with E-state index in [0.717, 1.165) is 14.8 Å². The Bertz CT molecular complexity index is 682. The first-order valence-electron chi connectivity index (χ1n) is 5.74. The molecule has 0 aliphatic heterocycles. The monoisotopic (exact) mass is 402 g/mol. The molecule has 20 heavy (non-hydrogen) atoms. The molecule has 2 rings (SSSR count). The SMILES string of the molecule is Cc1nn(C)c(Cl)c1COc1c(N)cc(C#N)cc1I. The molecule has 0 bridgehead atoms. The van der Waals surface area contributed by atoms with Gasteiger partial charge in [0.25, 0.3) is 0 Å². The molecular formula is C13H12ClIN4O. The molecule has 0 amide bonds. The number of hydrogen-bond acceptors (Lipinski definition) is 4. The first-order chi connectivity index (χ1) is 9.43. The predicted octanol–water partition coefficient (Wildman–Crippen LogP) is 3.02.